The van der Waals surface area contributed by atoms with Crippen molar-refractivity contribution in [2.24, 2.45) is 0 Å². The molecule has 0 saturated carbocycles. The Kier molecular flexibility index (Phi) is 2.78. The first-order chi connectivity index (χ1) is 8.74. The Morgan fingerprint density at radius 3 is 2.83 bits per heavy atom. The first-order valence-corrected chi connectivity index (χ1v) is 6.32. The van der Waals surface area contributed by atoms with Crippen molar-refractivity contribution in [3.8, 4) is 0 Å². The van der Waals surface area contributed by atoms with Crippen LogP contribution in [0.25, 0.3) is 0 Å². The molecule has 0 aliphatic heterocycles. The maximum absolute atomic E-state index is 13.4. The van der Waals surface area contributed by atoms with Crippen LogP contribution in [0.2, 0.25) is 0 Å². The predicted molar refractivity (Wildman–Crippen MR) is 72.5 cm³/mol. The molecule has 1 unspecified atom stereocenters. The first-order valence-electron chi connectivity index (χ1n) is 6.32. The summed E-state index contributed by atoms with van der Waals surface area (Å²) in [6.45, 7) is 2.65. The second kappa shape index (κ2) is 4.45. The molecule has 1 aliphatic rings. The lowest BCUT2D eigenvalue weighted by atomic mass is 9.77. The average molecular weight is 241 g/mol. The van der Waals surface area contributed by atoms with Gasteiger partial charge in [-0.25, -0.2) is 4.39 Å². The minimum atomic E-state index is -0.144. The van der Waals surface area contributed by atoms with Gasteiger partial charge in [-0.3, -0.25) is 0 Å². The van der Waals surface area contributed by atoms with E-state index < -0.39 is 0 Å². The predicted octanol–water partition coefficient (Wildman–Crippen LogP) is 3.89. The number of nitrogens with one attached hydrogen (secondary N) is 1. The minimum absolute atomic E-state index is 0.144. The molecule has 0 spiro atoms. The molecule has 3 rings (SSSR count). The van der Waals surface area contributed by atoms with E-state index in [9.17, 15) is 4.39 Å². The SMILES string of the molecule is Cc1ccc(NCC2Cc3ccccc32)cc1F. The molecule has 2 aromatic carbocycles. The van der Waals surface area contributed by atoms with E-state index in [1.165, 1.54) is 11.1 Å². The van der Waals surface area contributed by atoms with Gasteiger partial charge < -0.3 is 5.32 Å². The van der Waals surface area contributed by atoms with Gasteiger partial charge in [0.1, 0.15) is 5.82 Å². The number of anilines is 1. The third kappa shape index (κ3) is 1.99. The zero-order valence-corrected chi connectivity index (χ0v) is 10.4. The van der Waals surface area contributed by atoms with Crippen molar-refractivity contribution in [1.82, 2.24) is 0 Å². The average Bonchev–Trinajstić information content (AvgIpc) is 2.35. The van der Waals surface area contributed by atoms with Crippen molar-refractivity contribution < 1.29 is 4.39 Å². The summed E-state index contributed by atoms with van der Waals surface area (Å²) in [5, 5.41) is 3.32. The molecular formula is C16H16FN. The lowest BCUT2D eigenvalue weighted by Gasteiger charge is -2.30. The van der Waals surface area contributed by atoms with Gasteiger partial charge in [-0.05, 0) is 42.2 Å². The number of benzene rings is 2. The summed E-state index contributed by atoms with van der Waals surface area (Å²) in [7, 11) is 0. The summed E-state index contributed by atoms with van der Waals surface area (Å²) < 4.78 is 13.4. The van der Waals surface area contributed by atoms with Crippen molar-refractivity contribution >= 4 is 5.69 Å². The maximum atomic E-state index is 13.4. The van der Waals surface area contributed by atoms with E-state index >= 15 is 0 Å². The van der Waals surface area contributed by atoms with E-state index in [4.69, 9.17) is 0 Å². The molecule has 0 heterocycles. The number of fused-ring (bicyclic) bond motifs is 1. The molecule has 0 bridgehead atoms. The second-order valence-corrected chi connectivity index (χ2v) is 4.94. The molecule has 2 aromatic rings. The quantitative estimate of drug-likeness (QED) is 0.859. The highest BCUT2D eigenvalue weighted by molar-refractivity contribution is 5.47. The molecule has 1 nitrogen and oxygen atoms in total. The van der Waals surface area contributed by atoms with Gasteiger partial charge in [-0.2, -0.15) is 0 Å². The molecule has 1 atom stereocenters. The van der Waals surface area contributed by atoms with E-state index in [1.807, 2.05) is 12.1 Å². The lowest BCUT2D eigenvalue weighted by molar-refractivity contribution is 0.616. The zero-order chi connectivity index (χ0) is 12.5. The summed E-state index contributed by atoms with van der Waals surface area (Å²) in [5.74, 6) is 0.416. The molecule has 0 aromatic heterocycles. The smallest absolute Gasteiger partial charge is 0.128 e. The highest BCUT2D eigenvalue weighted by Gasteiger charge is 2.24. The van der Waals surface area contributed by atoms with E-state index in [-0.39, 0.29) is 5.82 Å². The van der Waals surface area contributed by atoms with Crippen molar-refractivity contribution in [1.29, 1.82) is 0 Å². The van der Waals surface area contributed by atoms with Crippen LogP contribution in [0.3, 0.4) is 0 Å². The van der Waals surface area contributed by atoms with Crippen LogP contribution in [0.15, 0.2) is 42.5 Å². The maximum Gasteiger partial charge on any atom is 0.128 e. The molecular weight excluding hydrogens is 225 g/mol. The molecule has 0 radical (unpaired) electrons. The van der Waals surface area contributed by atoms with Crippen LogP contribution in [0.1, 0.15) is 22.6 Å². The Bertz CT molecular complexity index is 577. The normalized spacial score (nSPS) is 16.9. The molecule has 2 heteroatoms. The molecule has 0 amide bonds. The highest BCUT2D eigenvalue weighted by Crippen LogP contribution is 2.34. The van der Waals surface area contributed by atoms with Gasteiger partial charge >= 0.3 is 0 Å². The van der Waals surface area contributed by atoms with Gasteiger partial charge in [-0.1, -0.05) is 30.3 Å². The fraction of sp³-hybridized carbons (Fsp3) is 0.250. The van der Waals surface area contributed by atoms with Crippen molar-refractivity contribution in [2.45, 2.75) is 19.3 Å². The van der Waals surface area contributed by atoms with Crippen molar-refractivity contribution in [2.75, 3.05) is 11.9 Å². The summed E-state index contributed by atoms with van der Waals surface area (Å²) in [4.78, 5) is 0. The van der Waals surface area contributed by atoms with Crippen LogP contribution in [0.5, 0.6) is 0 Å². The van der Waals surface area contributed by atoms with E-state index in [1.54, 1.807) is 13.0 Å². The zero-order valence-electron chi connectivity index (χ0n) is 10.4. The standard InChI is InChI=1S/C16H16FN/c1-11-6-7-14(9-16(11)17)18-10-13-8-12-4-2-3-5-15(12)13/h2-7,9,13,18H,8,10H2,1H3. The Hall–Kier alpha value is -1.83. The van der Waals surface area contributed by atoms with E-state index in [0.29, 0.717) is 11.5 Å². The van der Waals surface area contributed by atoms with Gasteiger partial charge in [-0.15, -0.1) is 0 Å². The van der Waals surface area contributed by atoms with Gasteiger partial charge in [0.2, 0.25) is 0 Å². The van der Waals surface area contributed by atoms with Crippen LogP contribution >= 0.6 is 0 Å². The number of aryl methyl sites for hydroxylation is 1. The summed E-state index contributed by atoms with van der Waals surface area (Å²) in [5.41, 5.74) is 4.42. The van der Waals surface area contributed by atoms with Crippen molar-refractivity contribution in [3.05, 3.63) is 65.0 Å². The van der Waals surface area contributed by atoms with E-state index in [2.05, 4.69) is 29.6 Å². The number of hydrogen-bond donors (Lipinski definition) is 1. The third-order valence-electron chi connectivity index (χ3n) is 3.69. The Labute approximate surface area is 107 Å². The van der Waals surface area contributed by atoms with Gasteiger partial charge in [0, 0.05) is 18.2 Å². The first kappa shape index (κ1) is 11.3. The van der Waals surface area contributed by atoms with Gasteiger partial charge in [0.25, 0.3) is 0 Å². The van der Waals surface area contributed by atoms with Crippen LogP contribution < -0.4 is 5.32 Å². The molecule has 1 aliphatic carbocycles. The molecule has 0 saturated heterocycles. The monoisotopic (exact) mass is 241 g/mol. The molecule has 92 valence electrons. The number of hydrogen-bond acceptors (Lipinski definition) is 1. The van der Waals surface area contributed by atoms with Gasteiger partial charge in [0.05, 0.1) is 0 Å². The van der Waals surface area contributed by atoms with Gasteiger partial charge in [0.15, 0.2) is 0 Å². The lowest BCUT2D eigenvalue weighted by Crippen LogP contribution is -2.24. The Morgan fingerprint density at radius 1 is 1.22 bits per heavy atom. The van der Waals surface area contributed by atoms with Crippen LogP contribution in [0, 0.1) is 12.7 Å². The molecule has 18 heavy (non-hydrogen) atoms. The number of rotatable bonds is 3. The summed E-state index contributed by atoms with van der Waals surface area (Å²) in [6.07, 6.45) is 1.12. The van der Waals surface area contributed by atoms with Crippen LogP contribution in [0.4, 0.5) is 10.1 Å². The third-order valence-corrected chi connectivity index (χ3v) is 3.69. The second-order valence-electron chi connectivity index (χ2n) is 4.94. The minimum Gasteiger partial charge on any atom is -0.384 e. The number of halogens is 1. The topological polar surface area (TPSA) is 12.0 Å². The summed E-state index contributed by atoms with van der Waals surface area (Å²) in [6, 6.07) is 13.8. The molecule has 1 N–H and O–H groups in total. The fourth-order valence-electron chi connectivity index (χ4n) is 2.49. The Balaban J connectivity index is 1.65. The van der Waals surface area contributed by atoms with Crippen molar-refractivity contribution in [3.63, 3.8) is 0 Å². The van der Waals surface area contributed by atoms with Crippen LogP contribution in [-0.4, -0.2) is 6.54 Å². The Morgan fingerprint density at radius 2 is 2.06 bits per heavy atom. The molecule has 0 fully saturated rings. The van der Waals surface area contributed by atoms with E-state index in [0.717, 1.165) is 18.7 Å². The largest absolute Gasteiger partial charge is 0.384 e. The fourth-order valence-corrected chi connectivity index (χ4v) is 2.49. The summed E-state index contributed by atoms with van der Waals surface area (Å²) >= 11 is 0. The highest BCUT2D eigenvalue weighted by atomic mass is 19.1. The van der Waals surface area contributed by atoms with Crippen LogP contribution in [-0.2, 0) is 6.42 Å².